The predicted molar refractivity (Wildman–Crippen MR) is 76.8 cm³/mol. The van der Waals surface area contributed by atoms with Crippen LogP contribution >= 0.6 is 0 Å². The third-order valence-corrected chi connectivity index (χ3v) is 3.06. The molecule has 0 fully saturated rings. The summed E-state index contributed by atoms with van der Waals surface area (Å²) in [4.78, 5) is 4.63. The van der Waals surface area contributed by atoms with Crippen LogP contribution in [0.1, 0.15) is 38.2 Å². The molecule has 2 heteroatoms. The largest absolute Gasteiger partial charge is 0.493 e. The molecule has 0 radical (unpaired) electrons. The molecule has 1 aromatic rings. The van der Waals surface area contributed by atoms with Gasteiger partial charge in [-0.15, -0.1) is 0 Å². The van der Waals surface area contributed by atoms with E-state index in [2.05, 4.69) is 23.2 Å². The molecule has 0 aromatic heterocycles. The molecule has 0 N–H and O–H groups in total. The lowest BCUT2D eigenvalue weighted by atomic mass is 10.1. The fourth-order valence-electron chi connectivity index (χ4n) is 2.13. The number of allylic oxidation sites excluding steroid dienone is 1. The van der Waals surface area contributed by atoms with Gasteiger partial charge in [0.2, 0.25) is 0 Å². The Morgan fingerprint density at radius 2 is 2.06 bits per heavy atom. The molecule has 1 aliphatic rings. The minimum absolute atomic E-state index is 0.688. The Bertz CT molecular complexity index is 420. The smallest absolute Gasteiger partial charge is 0.128 e. The Morgan fingerprint density at radius 3 is 2.83 bits per heavy atom. The van der Waals surface area contributed by atoms with Gasteiger partial charge in [0, 0.05) is 23.9 Å². The number of benzene rings is 1. The van der Waals surface area contributed by atoms with Crippen molar-refractivity contribution in [1.82, 2.24) is 0 Å². The standard InChI is InChI=1S/C16H21NO/c1-2-18-16(14-9-5-3-6-10-14)13-15-11-7-4-8-12-17-15/h3,5-6,9-10,13H,2,4,7-8,11-12H2,1H3. The van der Waals surface area contributed by atoms with E-state index in [-0.39, 0.29) is 0 Å². The van der Waals surface area contributed by atoms with Crippen LogP contribution in [0.3, 0.4) is 0 Å². The Balaban J connectivity index is 2.21. The second-order valence-electron chi connectivity index (χ2n) is 4.49. The van der Waals surface area contributed by atoms with Crippen molar-refractivity contribution in [1.29, 1.82) is 0 Å². The van der Waals surface area contributed by atoms with Crippen LogP contribution in [0, 0.1) is 0 Å². The van der Waals surface area contributed by atoms with E-state index in [0.717, 1.165) is 24.3 Å². The highest BCUT2D eigenvalue weighted by atomic mass is 16.5. The number of ether oxygens (including phenoxy) is 1. The molecule has 0 unspecified atom stereocenters. The van der Waals surface area contributed by atoms with E-state index >= 15 is 0 Å². The molecule has 0 atom stereocenters. The fourth-order valence-corrected chi connectivity index (χ4v) is 2.13. The van der Waals surface area contributed by atoms with Gasteiger partial charge in [-0.1, -0.05) is 36.8 Å². The molecule has 18 heavy (non-hydrogen) atoms. The second kappa shape index (κ2) is 7.00. The van der Waals surface area contributed by atoms with Gasteiger partial charge in [-0.25, -0.2) is 0 Å². The first kappa shape index (κ1) is 12.9. The minimum atomic E-state index is 0.688. The Kier molecular flexibility index (Phi) is 5.00. The number of aliphatic imine (C=N–C) groups is 1. The van der Waals surface area contributed by atoms with E-state index in [1.165, 1.54) is 25.0 Å². The van der Waals surface area contributed by atoms with Gasteiger partial charge in [0.15, 0.2) is 0 Å². The van der Waals surface area contributed by atoms with Crippen LogP contribution in [0.2, 0.25) is 0 Å². The highest BCUT2D eigenvalue weighted by Gasteiger charge is 2.06. The fraction of sp³-hybridized carbons (Fsp3) is 0.438. The zero-order valence-electron chi connectivity index (χ0n) is 11.1. The Labute approximate surface area is 109 Å². The van der Waals surface area contributed by atoms with Crippen LogP contribution in [0.5, 0.6) is 0 Å². The van der Waals surface area contributed by atoms with E-state index in [9.17, 15) is 0 Å². The van der Waals surface area contributed by atoms with Gasteiger partial charge in [-0.05, 0) is 26.2 Å². The Hall–Kier alpha value is -1.57. The number of rotatable bonds is 4. The average Bonchev–Trinajstić information content (AvgIpc) is 2.68. The van der Waals surface area contributed by atoms with Crippen molar-refractivity contribution in [3.8, 4) is 0 Å². The molecule has 1 aliphatic heterocycles. The molecular formula is C16H21NO. The molecule has 1 heterocycles. The maximum absolute atomic E-state index is 5.75. The van der Waals surface area contributed by atoms with E-state index in [1.54, 1.807) is 0 Å². The lowest BCUT2D eigenvalue weighted by molar-refractivity contribution is 0.298. The third kappa shape index (κ3) is 3.73. The van der Waals surface area contributed by atoms with Crippen molar-refractivity contribution in [3.63, 3.8) is 0 Å². The molecule has 0 saturated carbocycles. The first-order valence-electron chi connectivity index (χ1n) is 6.83. The molecule has 1 aromatic carbocycles. The van der Waals surface area contributed by atoms with Crippen LogP contribution in [0.15, 0.2) is 41.4 Å². The lowest BCUT2D eigenvalue weighted by Gasteiger charge is -2.09. The molecule has 0 spiro atoms. The molecule has 2 nitrogen and oxygen atoms in total. The van der Waals surface area contributed by atoms with Gasteiger partial charge < -0.3 is 4.74 Å². The van der Waals surface area contributed by atoms with E-state index in [4.69, 9.17) is 4.74 Å². The summed E-state index contributed by atoms with van der Waals surface area (Å²) < 4.78 is 5.75. The summed E-state index contributed by atoms with van der Waals surface area (Å²) in [7, 11) is 0. The average molecular weight is 243 g/mol. The summed E-state index contributed by atoms with van der Waals surface area (Å²) in [5.74, 6) is 0.943. The minimum Gasteiger partial charge on any atom is -0.493 e. The summed E-state index contributed by atoms with van der Waals surface area (Å²) in [6.07, 6.45) is 6.93. The Morgan fingerprint density at radius 1 is 1.22 bits per heavy atom. The van der Waals surface area contributed by atoms with Gasteiger partial charge in [-0.3, -0.25) is 4.99 Å². The van der Waals surface area contributed by atoms with E-state index in [0.29, 0.717) is 6.61 Å². The zero-order chi connectivity index (χ0) is 12.6. The van der Waals surface area contributed by atoms with Gasteiger partial charge >= 0.3 is 0 Å². The van der Waals surface area contributed by atoms with Gasteiger partial charge in [0.1, 0.15) is 5.76 Å². The topological polar surface area (TPSA) is 21.6 Å². The van der Waals surface area contributed by atoms with Gasteiger partial charge in [0.05, 0.1) is 6.61 Å². The maximum atomic E-state index is 5.75. The van der Waals surface area contributed by atoms with Crippen molar-refractivity contribution in [2.75, 3.05) is 13.2 Å². The molecule has 0 aliphatic carbocycles. The van der Waals surface area contributed by atoms with Crippen LogP contribution in [-0.2, 0) is 4.74 Å². The van der Waals surface area contributed by atoms with Crippen LogP contribution < -0.4 is 0 Å². The normalized spacial score (nSPS) is 16.9. The summed E-state index contributed by atoms with van der Waals surface area (Å²) in [5, 5.41) is 0. The third-order valence-electron chi connectivity index (χ3n) is 3.06. The monoisotopic (exact) mass is 243 g/mol. The highest BCUT2D eigenvalue weighted by molar-refractivity contribution is 6.00. The zero-order valence-corrected chi connectivity index (χ0v) is 11.1. The number of nitrogens with zero attached hydrogens (tertiary/aromatic N) is 1. The maximum Gasteiger partial charge on any atom is 0.128 e. The molecule has 2 rings (SSSR count). The van der Waals surface area contributed by atoms with Crippen molar-refractivity contribution in [3.05, 3.63) is 42.0 Å². The highest BCUT2D eigenvalue weighted by Crippen LogP contribution is 2.18. The molecule has 96 valence electrons. The van der Waals surface area contributed by atoms with Crippen molar-refractivity contribution in [2.24, 2.45) is 4.99 Å². The summed E-state index contributed by atoms with van der Waals surface area (Å²) in [5.41, 5.74) is 2.31. The SMILES string of the molecule is CCOC(=CC1=NCCCCC1)c1ccccc1. The van der Waals surface area contributed by atoms with E-state index in [1.807, 2.05) is 25.1 Å². The first-order chi connectivity index (χ1) is 8.90. The quantitative estimate of drug-likeness (QED) is 0.730. The predicted octanol–water partition coefficient (Wildman–Crippen LogP) is 4.08. The lowest BCUT2D eigenvalue weighted by Crippen LogP contribution is -1.98. The van der Waals surface area contributed by atoms with Crippen LogP contribution in [-0.4, -0.2) is 18.9 Å². The van der Waals surface area contributed by atoms with Crippen molar-refractivity contribution >= 4 is 11.5 Å². The van der Waals surface area contributed by atoms with Gasteiger partial charge in [0.25, 0.3) is 0 Å². The first-order valence-corrected chi connectivity index (χ1v) is 6.83. The summed E-state index contributed by atoms with van der Waals surface area (Å²) in [6.45, 7) is 3.67. The van der Waals surface area contributed by atoms with E-state index < -0.39 is 0 Å². The molecule has 0 bridgehead atoms. The summed E-state index contributed by atoms with van der Waals surface area (Å²) in [6, 6.07) is 10.3. The number of hydrogen-bond acceptors (Lipinski definition) is 2. The van der Waals surface area contributed by atoms with Crippen LogP contribution in [0.25, 0.3) is 5.76 Å². The number of hydrogen-bond donors (Lipinski definition) is 0. The van der Waals surface area contributed by atoms with Gasteiger partial charge in [-0.2, -0.15) is 0 Å². The molecule has 0 saturated heterocycles. The summed E-state index contributed by atoms with van der Waals surface area (Å²) >= 11 is 0. The van der Waals surface area contributed by atoms with Crippen molar-refractivity contribution in [2.45, 2.75) is 32.6 Å². The second-order valence-corrected chi connectivity index (χ2v) is 4.49. The molecular weight excluding hydrogens is 222 g/mol. The van der Waals surface area contributed by atoms with Crippen molar-refractivity contribution < 1.29 is 4.74 Å². The molecule has 0 amide bonds. The van der Waals surface area contributed by atoms with Crippen LogP contribution in [0.4, 0.5) is 0 Å².